The van der Waals surface area contributed by atoms with Gasteiger partial charge in [-0.15, -0.1) is 0 Å². The van der Waals surface area contributed by atoms with E-state index in [4.69, 9.17) is 22.7 Å². The molecule has 0 aliphatic carbocycles. The van der Waals surface area contributed by atoms with Crippen molar-refractivity contribution in [2.45, 2.75) is 13.5 Å². The predicted octanol–water partition coefficient (Wildman–Crippen LogP) is 3.35. The molecule has 0 unspecified atom stereocenters. The van der Waals surface area contributed by atoms with Crippen LogP contribution in [0.15, 0.2) is 42.5 Å². The maximum Gasteiger partial charge on any atom is 0.129 e. The Morgan fingerprint density at radius 2 is 2.05 bits per heavy atom. The van der Waals surface area contributed by atoms with E-state index in [9.17, 15) is 4.39 Å². The van der Waals surface area contributed by atoms with Crippen LogP contribution in [0.3, 0.4) is 0 Å². The first-order valence-corrected chi connectivity index (χ1v) is 6.25. The summed E-state index contributed by atoms with van der Waals surface area (Å²) in [4.78, 5) is 0.247. The van der Waals surface area contributed by atoms with Crippen LogP contribution in [0, 0.1) is 12.7 Å². The second-order valence-corrected chi connectivity index (χ2v) is 4.72. The van der Waals surface area contributed by atoms with Crippen molar-refractivity contribution in [3.05, 3.63) is 65.0 Å². The van der Waals surface area contributed by atoms with Crippen molar-refractivity contribution < 1.29 is 9.13 Å². The van der Waals surface area contributed by atoms with Gasteiger partial charge in [0, 0.05) is 11.1 Å². The molecule has 0 aromatic heterocycles. The van der Waals surface area contributed by atoms with Gasteiger partial charge in [0.15, 0.2) is 0 Å². The van der Waals surface area contributed by atoms with Gasteiger partial charge in [0.1, 0.15) is 23.2 Å². The molecule has 4 heteroatoms. The molecule has 2 aromatic rings. The first-order chi connectivity index (χ1) is 9.06. The van der Waals surface area contributed by atoms with Crippen LogP contribution in [0.2, 0.25) is 0 Å². The largest absolute Gasteiger partial charge is 0.489 e. The van der Waals surface area contributed by atoms with Crippen LogP contribution >= 0.6 is 12.2 Å². The SMILES string of the molecule is Cc1cccc(OCc2cc(C(N)=S)ccc2F)c1. The molecule has 19 heavy (non-hydrogen) atoms. The molecule has 0 fully saturated rings. The van der Waals surface area contributed by atoms with Gasteiger partial charge < -0.3 is 10.5 Å². The Morgan fingerprint density at radius 3 is 2.74 bits per heavy atom. The Kier molecular flexibility index (Phi) is 4.12. The van der Waals surface area contributed by atoms with Crippen LogP contribution in [-0.2, 0) is 6.61 Å². The minimum absolute atomic E-state index is 0.145. The molecule has 0 saturated carbocycles. The lowest BCUT2D eigenvalue weighted by atomic mass is 10.1. The monoisotopic (exact) mass is 275 g/mol. The van der Waals surface area contributed by atoms with E-state index in [0.29, 0.717) is 16.9 Å². The van der Waals surface area contributed by atoms with Crippen LogP contribution in [0.1, 0.15) is 16.7 Å². The number of thiocarbonyl (C=S) groups is 1. The van der Waals surface area contributed by atoms with Gasteiger partial charge in [-0.25, -0.2) is 4.39 Å². The van der Waals surface area contributed by atoms with E-state index in [-0.39, 0.29) is 17.4 Å². The first-order valence-electron chi connectivity index (χ1n) is 5.84. The predicted molar refractivity (Wildman–Crippen MR) is 77.8 cm³/mol. The maximum absolute atomic E-state index is 13.7. The first kappa shape index (κ1) is 13.5. The van der Waals surface area contributed by atoms with Gasteiger partial charge in [-0.2, -0.15) is 0 Å². The highest BCUT2D eigenvalue weighted by Crippen LogP contribution is 2.17. The molecule has 0 radical (unpaired) electrons. The molecule has 0 heterocycles. The fourth-order valence-electron chi connectivity index (χ4n) is 1.70. The van der Waals surface area contributed by atoms with Crippen LogP contribution in [-0.4, -0.2) is 4.99 Å². The number of halogens is 1. The van der Waals surface area contributed by atoms with Gasteiger partial charge in [-0.05, 0) is 42.8 Å². The minimum atomic E-state index is -0.326. The molecule has 0 bridgehead atoms. The Morgan fingerprint density at radius 1 is 1.26 bits per heavy atom. The highest BCUT2D eigenvalue weighted by Gasteiger charge is 2.06. The average molecular weight is 275 g/mol. The van der Waals surface area contributed by atoms with Crippen LogP contribution in [0.25, 0.3) is 0 Å². The molecule has 2 aromatic carbocycles. The Hall–Kier alpha value is -1.94. The lowest BCUT2D eigenvalue weighted by Crippen LogP contribution is -2.10. The molecule has 0 amide bonds. The minimum Gasteiger partial charge on any atom is -0.489 e. The highest BCUT2D eigenvalue weighted by atomic mass is 32.1. The molecule has 0 saturated heterocycles. The van der Waals surface area contributed by atoms with E-state index in [1.807, 2.05) is 31.2 Å². The van der Waals surface area contributed by atoms with Gasteiger partial charge in [-0.1, -0.05) is 24.4 Å². The van der Waals surface area contributed by atoms with Crippen molar-refractivity contribution in [2.24, 2.45) is 5.73 Å². The van der Waals surface area contributed by atoms with Crippen LogP contribution < -0.4 is 10.5 Å². The molecule has 0 spiro atoms. The topological polar surface area (TPSA) is 35.2 Å². The Bertz CT molecular complexity index is 613. The van der Waals surface area contributed by atoms with E-state index >= 15 is 0 Å². The number of hydrogen-bond acceptors (Lipinski definition) is 2. The van der Waals surface area contributed by atoms with E-state index in [0.717, 1.165) is 5.56 Å². The summed E-state index contributed by atoms with van der Waals surface area (Å²) >= 11 is 4.87. The second kappa shape index (κ2) is 5.80. The number of benzene rings is 2. The zero-order valence-corrected chi connectivity index (χ0v) is 11.3. The summed E-state index contributed by atoms with van der Waals surface area (Å²) in [5.74, 6) is 0.382. The summed E-state index contributed by atoms with van der Waals surface area (Å²) in [6.07, 6.45) is 0. The fourth-order valence-corrected chi connectivity index (χ4v) is 1.83. The third kappa shape index (κ3) is 3.51. The van der Waals surface area contributed by atoms with Crippen LogP contribution in [0.5, 0.6) is 5.75 Å². The van der Waals surface area contributed by atoms with Gasteiger partial charge in [0.25, 0.3) is 0 Å². The molecule has 0 aliphatic rings. The van der Waals surface area contributed by atoms with Crippen molar-refractivity contribution in [2.75, 3.05) is 0 Å². The van der Waals surface area contributed by atoms with Crippen LogP contribution in [0.4, 0.5) is 4.39 Å². The molecule has 2 N–H and O–H groups in total. The number of nitrogens with two attached hydrogens (primary N) is 1. The van der Waals surface area contributed by atoms with Crippen molar-refractivity contribution in [1.82, 2.24) is 0 Å². The Balaban J connectivity index is 2.15. The smallest absolute Gasteiger partial charge is 0.129 e. The number of ether oxygens (including phenoxy) is 1. The zero-order valence-electron chi connectivity index (χ0n) is 10.5. The normalized spacial score (nSPS) is 10.2. The van der Waals surface area contributed by atoms with Gasteiger partial charge in [0.05, 0.1) is 0 Å². The zero-order chi connectivity index (χ0) is 13.8. The summed E-state index contributed by atoms with van der Waals surface area (Å²) in [6.45, 7) is 2.12. The summed E-state index contributed by atoms with van der Waals surface area (Å²) in [5, 5.41) is 0. The van der Waals surface area contributed by atoms with E-state index < -0.39 is 0 Å². The third-order valence-corrected chi connectivity index (χ3v) is 2.95. The highest BCUT2D eigenvalue weighted by molar-refractivity contribution is 7.80. The van der Waals surface area contributed by atoms with E-state index in [2.05, 4.69) is 0 Å². The van der Waals surface area contributed by atoms with Gasteiger partial charge in [-0.3, -0.25) is 0 Å². The lowest BCUT2D eigenvalue weighted by molar-refractivity contribution is 0.299. The molecule has 0 aliphatic heterocycles. The molecular formula is C15H14FNOS. The van der Waals surface area contributed by atoms with Gasteiger partial charge in [0.2, 0.25) is 0 Å². The number of rotatable bonds is 4. The second-order valence-electron chi connectivity index (χ2n) is 4.28. The lowest BCUT2D eigenvalue weighted by Gasteiger charge is -2.09. The van der Waals surface area contributed by atoms with Crippen molar-refractivity contribution in [3.63, 3.8) is 0 Å². The molecule has 0 atom stereocenters. The summed E-state index contributed by atoms with van der Waals surface area (Å²) in [5.41, 5.74) is 7.70. The number of hydrogen-bond donors (Lipinski definition) is 1. The molecule has 2 rings (SSSR count). The van der Waals surface area contributed by atoms with Gasteiger partial charge >= 0.3 is 0 Å². The summed E-state index contributed by atoms with van der Waals surface area (Å²) in [7, 11) is 0. The molecular weight excluding hydrogens is 261 g/mol. The van der Waals surface area contributed by atoms with Crippen molar-refractivity contribution in [1.29, 1.82) is 0 Å². The van der Waals surface area contributed by atoms with E-state index in [1.54, 1.807) is 12.1 Å². The van der Waals surface area contributed by atoms with E-state index in [1.165, 1.54) is 6.07 Å². The third-order valence-electron chi connectivity index (χ3n) is 2.71. The molecule has 98 valence electrons. The van der Waals surface area contributed by atoms with Crippen molar-refractivity contribution >= 4 is 17.2 Å². The summed E-state index contributed by atoms with van der Waals surface area (Å²) < 4.78 is 19.2. The quantitative estimate of drug-likeness (QED) is 0.869. The summed E-state index contributed by atoms with van der Waals surface area (Å²) in [6, 6.07) is 12.1. The standard InChI is InChI=1S/C15H14FNOS/c1-10-3-2-4-13(7-10)18-9-12-8-11(15(17)19)5-6-14(12)16/h2-8H,9H2,1H3,(H2,17,19). The maximum atomic E-state index is 13.7. The Labute approximate surface area is 117 Å². The average Bonchev–Trinajstić information content (AvgIpc) is 2.37. The van der Waals surface area contributed by atoms with Crippen molar-refractivity contribution in [3.8, 4) is 5.75 Å². The number of aryl methyl sites for hydroxylation is 1. The molecule has 2 nitrogen and oxygen atoms in total. The fraction of sp³-hybridized carbons (Fsp3) is 0.133.